The van der Waals surface area contributed by atoms with Crippen LogP contribution in [0.25, 0.3) is 0 Å². The Hall–Kier alpha value is -0.850. The fourth-order valence-corrected chi connectivity index (χ4v) is 0.838. The van der Waals surface area contributed by atoms with E-state index in [4.69, 9.17) is 0 Å². The lowest BCUT2D eigenvalue weighted by Gasteiger charge is -2.02. The number of rotatable bonds is 0. The Balaban J connectivity index is 2.35. The highest BCUT2D eigenvalue weighted by Crippen LogP contribution is 2.30. The zero-order chi connectivity index (χ0) is 7.19. The van der Waals surface area contributed by atoms with E-state index in [1.165, 1.54) is 12.4 Å². The molecule has 6 heteroatoms. The lowest BCUT2D eigenvalue weighted by molar-refractivity contribution is -0.357. The van der Waals surface area contributed by atoms with Crippen LogP contribution in [0.3, 0.4) is 0 Å². The van der Waals surface area contributed by atoms with Crippen molar-refractivity contribution < 1.29 is 14.5 Å². The molecule has 1 saturated heterocycles. The summed E-state index contributed by atoms with van der Waals surface area (Å²) in [5, 5.41) is 2.64. The van der Waals surface area contributed by atoms with Crippen molar-refractivity contribution in [2.75, 3.05) is 0 Å². The van der Waals surface area contributed by atoms with Gasteiger partial charge in [-0.1, -0.05) is 0 Å². The molecule has 5 nitrogen and oxygen atoms in total. The predicted octanol–water partition coefficient (Wildman–Crippen LogP) is -0.217. The molecule has 0 aromatic rings. The summed E-state index contributed by atoms with van der Waals surface area (Å²) in [6.45, 7) is 0. The van der Waals surface area contributed by atoms with Gasteiger partial charge in [-0.05, 0) is 0 Å². The van der Waals surface area contributed by atoms with Crippen LogP contribution in [0.5, 0.6) is 0 Å². The van der Waals surface area contributed by atoms with Crippen LogP contribution in [0.15, 0.2) is 12.4 Å². The molecule has 2 aliphatic heterocycles. The summed E-state index contributed by atoms with van der Waals surface area (Å²) in [6.07, 6.45) is 2.66. The van der Waals surface area contributed by atoms with Crippen molar-refractivity contribution in [3.63, 3.8) is 0 Å². The Morgan fingerprint density at radius 1 is 1.70 bits per heavy atom. The first-order chi connectivity index (χ1) is 4.75. The van der Waals surface area contributed by atoms with Crippen LogP contribution < -0.4 is 5.32 Å². The van der Waals surface area contributed by atoms with Crippen LogP contribution in [-0.2, 0) is 9.78 Å². The summed E-state index contributed by atoms with van der Waals surface area (Å²) in [7, 11) is 0. The third-order valence-corrected chi connectivity index (χ3v) is 1.66. The molecule has 0 aromatic carbocycles. The molecular formula is C4H3N2O3S+. The van der Waals surface area contributed by atoms with E-state index in [9.17, 15) is 4.91 Å². The van der Waals surface area contributed by atoms with E-state index in [2.05, 4.69) is 27.3 Å². The van der Waals surface area contributed by atoms with Gasteiger partial charge in [-0.3, -0.25) is 0 Å². The molecule has 2 rings (SSSR count). The fraction of sp³-hybridized carbons (Fsp3) is 0.250. The van der Waals surface area contributed by atoms with Gasteiger partial charge < -0.3 is 5.32 Å². The second kappa shape index (κ2) is 1.60. The number of hydrogen-bond donors (Lipinski definition) is 1. The molecule has 0 aromatic heterocycles. The van der Waals surface area contributed by atoms with Crippen molar-refractivity contribution in [1.82, 2.24) is 5.32 Å². The molecule has 10 heavy (non-hydrogen) atoms. The van der Waals surface area contributed by atoms with Gasteiger partial charge in [-0.15, -0.1) is 0 Å². The third kappa shape index (κ3) is 0.605. The van der Waals surface area contributed by atoms with Gasteiger partial charge in [0.25, 0.3) is 0 Å². The molecule has 1 fully saturated rings. The minimum atomic E-state index is -1.13. The quantitative estimate of drug-likeness (QED) is 0.229. The molecule has 2 aliphatic rings. The minimum absolute atomic E-state index is 0.0370. The van der Waals surface area contributed by atoms with Gasteiger partial charge in [0.15, 0.2) is 0 Å². The largest absolute Gasteiger partial charge is 0.408 e. The van der Waals surface area contributed by atoms with Crippen LogP contribution in [0.1, 0.15) is 0 Å². The van der Waals surface area contributed by atoms with Crippen molar-refractivity contribution in [2.45, 2.75) is 5.91 Å². The molecule has 0 amide bonds. The van der Waals surface area contributed by atoms with E-state index in [0.29, 0.717) is 4.76 Å². The molecule has 0 bridgehead atoms. The summed E-state index contributed by atoms with van der Waals surface area (Å²) in [4.78, 5) is 19.7. The number of thiocarbonyl (C=S) groups is 1. The van der Waals surface area contributed by atoms with Gasteiger partial charge in [-0.2, -0.15) is 9.78 Å². The summed E-state index contributed by atoms with van der Waals surface area (Å²) in [5.41, 5.74) is 0. The molecule has 1 spiro atoms. The second-order valence-corrected chi connectivity index (χ2v) is 2.26. The lowest BCUT2D eigenvalue weighted by Crippen LogP contribution is -2.43. The Labute approximate surface area is 61.1 Å². The van der Waals surface area contributed by atoms with Crippen molar-refractivity contribution in [2.24, 2.45) is 0 Å². The fourth-order valence-electron chi connectivity index (χ4n) is 0.650. The standard InChI is InChI=1S/C4H3N2O3S/c7-6-2-1-5-4(3(6)10)8-9-4/h1-2,5H/q+1. The van der Waals surface area contributed by atoms with Crippen molar-refractivity contribution in [3.8, 4) is 0 Å². The molecule has 0 atom stereocenters. The molecular weight excluding hydrogens is 156 g/mol. The van der Waals surface area contributed by atoms with E-state index in [0.717, 1.165) is 0 Å². The Kier molecular flexibility index (Phi) is 0.942. The van der Waals surface area contributed by atoms with E-state index >= 15 is 0 Å². The highest BCUT2D eigenvalue weighted by Gasteiger charge is 2.63. The van der Waals surface area contributed by atoms with Crippen molar-refractivity contribution in [1.29, 1.82) is 0 Å². The first kappa shape index (κ1) is 5.90. The zero-order valence-corrected chi connectivity index (χ0v) is 5.55. The highest BCUT2D eigenvalue weighted by atomic mass is 32.1. The zero-order valence-electron chi connectivity index (χ0n) is 4.73. The summed E-state index contributed by atoms with van der Waals surface area (Å²) in [6, 6.07) is 0. The first-order valence-electron chi connectivity index (χ1n) is 2.57. The molecule has 2 heterocycles. The van der Waals surface area contributed by atoms with Crippen LogP contribution in [0, 0.1) is 4.91 Å². The second-order valence-electron chi connectivity index (χ2n) is 1.87. The first-order valence-corrected chi connectivity index (χ1v) is 2.97. The highest BCUT2D eigenvalue weighted by molar-refractivity contribution is 7.80. The summed E-state index contributed by atoms with van der Waals surface area (Å²) >= 11 is 4.68. The van der Waals surface area contributed by atoms with E-state index in [1.54, 1.807) is 0 Å². The van der Waals surface area contributed by atoms with Gasteiger partial charge in [-0.25, -0.2) is 0 Å². The van der Waals surface area contributed by atoms with Gasteiger partial charge in [0.05, 0.1) is 11.0 Å². The van der Waals surface area contributed by atoms with Crippen LogP contribution in [0.2, 0.25) is 0 Å². The van der Waals surface area contributed by atoms with E-state index in [-0.39, 0.29) is 4.99 Å². The van der Waals surface area contributed by atoms with Crippen molar-refractivity contribution >= 4 is 17.2 Å². The maximum Gasteiger partial charge on any atom is 0.408 e. The van der Waals surface area contributed by atoms with Gasteiger partial charge in [0.2, 0.25) is 6.20 Å². The van der Waals surface area contributed by atoms with E-state index in [1.807, 2.05) is 0 Å². The Morgan fingerprint density at radius 2 is 2.40 bits per heavy atom. The van der Waals surface area contributed by atoms with E-state index < -0.39 is 5.91 Å². The molecule has 0 radical (unpaired) electrons. The SMILES string of the molecule is O=[N+]1C=CNC2(OO2)C1=S. The van der Waals surface area contributed by atoms with Crippen LogP contribution in [-0.4, -0.2) is 15.7 Å². The number of hydrogen-bond acceptors (Lipinski definition) is 5. The smallest absolute Gasteiger partial charge is 0.321 e. The number of nitroso groups, excluding NO2 is 1. The molecule has 52 valence electrons. The molecule has 0 aliphatic carbocycles. The monoisotopic (exact) mass is 159 g/mol. The Morgan fingerprint density at radius 3 is 2.90 bits per heavy atom. The van der Waals surface area contributed by atoms with Gasteiger partial charge in [0.1, 0.15) is 0 Å². The van der Waals surface area contributed by atoms with Gasteiger partial charge in [0, 0.05) is 17.1 Å². The number of nitrogens with one attached hydrogen (secondary N) is 1. The maximum atomic E-state index is 10.7. The van der Waals surface area contributed by atoms with Crippen molar-refractivity contribution in [3.05, 3.63) is 17.3 Å². The molecule has 1 N–H and O–H groups in total. The maximum absolute atomic E-state index is 10.7. The predicted molar refractivity (Wildman–Crippen MR) is 33.4 cm³/mol. The lowest BCUT2D eigenvalue weighted by atomic mass is 10.4. The number of nitrogens with zero attached hydrogens (tertiary/aromatic N) is 1. The molecule has 0 saturated carbocycles. The Bertz CT molecular complexity index is 245. The summed E-state index contributed by atoms with van der Waals surface area (Å²) in [5.74, 6) is -1.13. The third-order valence-electron chi connectivity index (χ3n) is 1.22. The average Bonchev–Trinajstić information content (AvgIpc) is 2.65. The summed E-state index contributed by atoms with van der Waals surface area (Å²) < 4.78 is 0.513. The normalized spacial score (nSPS) is 26.8. The van der Waals surface area contributed by atoms with Crippen LogP contribution in [0.4, 0.5) is 0 Å². The topological polar surface area (TPSA) is 57.2 Å². The molecule has 0 unspecified atom stereocenters. The van der Waals surface area contributed by atoms with Crippen LogP contribution >= 0.6 is 12.2 Å². The average molecular weight is 159 g/mol. The van der Waals surface area contributed by atoms with Gasteiger partial charge >= 0.3 is 10.9 Å². The minimum Gasteiger partial charge on any atom is -0.321 e.